The summed E-state index contributed by atoms with van der Waals surface area (Å²) in [7, 11) is 4.29. The van der Waals surface area contributed by atoms with Gasteiger partial charge in [-0.15, -0.1) is 0 Å². The van der Waals surface area contributed by atoms with Crippen molar-refractivity contribution in [3.8, 4) is 17.2 Å². The van der Waals surface area contributed by atoms with Crippen LogP contribution in [-0.4, -0.2) is 31.9 Å². The van der Waals surface area contributed by atoms with E-state index in [2.05, 4.69) is 27.6 Å². The minimum Gasteiger partial charge on any atom is -0.496 e. The molecule has 5 rings (SSSR count). The van der Waals surface area contributed by atoms with Crippen LogP contribution in [0.1, 0.15) is 29.7 Å². The molecule has 2 heterocycles. The summed E-state index contributed by atoms with van der Waals surface area (Å²) in [6, 6.07) is 14.1. The van der Waals surface area contributed by atoms with Gasteiger partial charge in [0, 0.05) is 16.1 Å². The summed E-state index contributed by atoms with van der Waals surface area (Å²) in [5, 5.41) is 0.413. The van der Waals surface area contributed by atoms with Crippen LogP contribution in [0.25, 0.3) is 6.08 Å². The van der Waals surface area contributed by atoms with Gasteiger partial charge in [-0.1, -0.05) is 41.1 Å². The molecule has 222 valence electrons. The molecule has 0 saturated heterocycles. The van der Waals surface area contributed by atoms with Gasteiger partial charge in [0.2, 0.25) is 0 Å². The highest BCUT2D eigenvalue weighted by atomic mass is 127. The van der Waals surface area contributed by atoms with Crippen molar-refractivity contribution in [3.05, 3.63) is 117 Å². The van der Waals surface area contributed by atoms with Gasteiger partial charge in [0.05, 0.1) is 40.7 Å². The number of benzene rings is 3. The van der Waals surface area contributed by atoms with Crippen molar-refractivity contribution in [2.75, 3.05) is 21.3 Å². The van der Waals surface area contributed by atoms with Crippen molar-refractivity contribution >= 4 is 57.6 Å². The monoisotopic (exact) mass is 734 g/mol. The van der Waals surface area contributed by atoms with E-state index in [1.807, 2.05) is 6.07 Å². The maximum atomic E-state index is 14.1. The van der Waals surface area contributed by atoms with E-state index in [0.717, 1.165) is 0 Å². The number of ether oxygens (including phenoxy) is 4. The summed E-state index contributed by atoms with van der Waals surface area (Å²) in [4.78, 5) is 32.0. The molecule has 0 aliphatic carbocycles. The second kappa shape index (κ2) is 12.9. The normalized spacial score (nSPS) is 14.7. The molecule has 1 aliphatic rings. The molecule has 12 heteroatoms. The van der Waals surface area contributed by atoms with E-state index >= 15 is 0 Å². The average Bonchev–Trinajstić information content (AvgIpc) is 3.29. The smallest absolute Gasteiger partial charge is 0.338 e. The Balaban J connectivity index is 1.62. The number of rotatable bonds is 8. The van der Waals surface area contributed by atoms with Gasteiger partial charge in [-0.3, -0.25) is 9.36 Å². The Morgan fingerprint density at radius 1 is 1.12 bits per heavy atom. The molecule has 43 heavy (non-hydrogen) atoms. The number of fused-ring (bicyclic) bond motifs is 1. The van der Waals surface area contributed by atoms with Gasteiger partial charge in [-0.2, -0.15) is 0 Å². The van der Waals surface area contributed by atoms with Crippen LogP contribution in [0.2, 0.25) is 5.02 Å². The lowest BCUT2D eigenvalue weighted by Gasteiger charge is -2.25. The van der Waals surface area contributed by atoms with Crippen LogP contribution in [0.3, 0.4) is 0 Å². The topological polar surface area (TPSA) is 88.4 Å². The molecule has 0 spiro atoms. The molecule has 4 aromatic rings. The Labute approximate surface area is 268 Å². The summed E-state index contributed by atoms with van der Waals surface area (Å²) in [5.41, 5.74) is 1.86. The standard InChI is InChI=1S/C31H25ClFIN2O6S/c1-16-26(30(38)41-4)27(20-14-19(32)9-10-23(20)39-2)36-29(37)25(43-31(36)35-16)13-17-11-22(34)28(24(12-17)40-3)42-15-18-7-5-6-8-21(18)33/h5-14,27H,15H2,1-4H3/b25-13-/t27-/m0/s1. The predicted octanol–water partition coefficient (Wildman–Crippen LogP) is 5.40. The van der Waals surface area contributed by atoms with Crippen LogP contribution in [0, 0.1) is 9.39 Å². The number of hydrogen-bond donors (Lipinski definition) is 0. The Morgan fingerprint density at radius 3 is 2.56 bits per heavy atom. The Bertz CT molecular complexity index is 1950. The first-order valence-corrected chi connectivity index (χ1v) is 15.1. The van der Waals surface area contributed by atoms with E-state index in [9.17, 15) is 14.0 Å². The molecule has 1 atom stereocenters. The number of methoxy groups -OCH3 is 3. The first-order chi connectivity index (χ1) is 20.7. The fourth-order valence-electron chi connectivity index (χ4n) is 4.79. The van der Waals surface area contributed by atoms with Gasteiger partial charge in [0.1, 0.15) is 24.2 Å². The van der Waals surface area contributed by atoms with Crippen molar-refractivity contribution in [2.24, 2.45) is 4.99 Å². The van der Waals surface area contributed by atoms with E-state index in [4.69, 9.17) is 30.5 Å². The average molecular weight is 735 g/mol. The SMILES string of the molecule is COC(=O)C1=C(C)N=c2s/c(=C\c3cc(I)c(OCc4ccccc4F)c(OC)c3)c(=O)n2[C@H]1c1cc(Cl)ccc1OC. The summed E-state index contributed by atoms with van der Waals surface area (Å²) in [5.74, 6) is 0.352. The summed E-state index contributed by atoms with van der Waals surface area (Å²) in [6.07, 6.45) is 1.72. The van der Waals surface area contributed by atoms with E-state index in [1.165, 1.54) is 43.3 Å². The third-order valence-electron chi connectivity index (χ3n) is 6.79. The van der Waals surface area contributed by atoms with Crippen LogP contribution in [0.5, 0.6) is 17.2 Å². The molecule has 0 N–H and O–H groups in total. The number of aromatic nitrogens is 1. The Morgan fingerprint density at radius 2 is 1.86 bits per heavy atom. The number of nitrogens with zero attached hydrogens (tertiary/aromatic N) is 2. The second-order valence-electron chi connectivity index (χ2n) is 9.37. The number of carbonyl (C=O) groups is 1. The quantitative estimate of drug-likeness (QED) is 0.178. The lowest BCUT2D eigenvalue weighted by atomic mass is 9.95. The first kappa shape index (κ1) is 30.8. The molecule has 1 aliphatic heterocycles. The molecule has 0 radical (unpaired) electrons. The number of thiazole rings is 1. The largest absolute Gasteiger partial charge is 0.496 e. The lowest BCUT2D eigenvalue weighted by molar-refractivity contribution is -0.136. The van der Waals surface area contributed by atoms with Crippen LogP contribution < -0.4 is 29.1 Å². The molecule has 0 fully saturated rings. The predicted molar refractivity (Wildman–Crippen MR) is 170 cm³/mol. The van der Waals surface area contributed by atoms with Crippen LogP contribution in [0.4, 0.5) is 4.39 Å². The highest BCUT2D eigenvalue weighted by molar-refractivity contribution is 14.1. The van der Waals surface area contributed by atoms with E-state index < -0.39 is 12.0 Å². The second-order valence-corrected chi connectivity index (χ2v) is 12.0. The maximum absolute atomic E-state index is 14.1. The van der Waals surface area contributed by atoms with E-state index in [-0.39, 0.29) is 23.6 Å². The van der Waals surface area contributed by atoms with Crippen molar-refractivity contribution in [1.82, 2.24) is 4.57 Å². The third-order valence-corrected chi connectivity index (χ3v) is 8.81. The van der Waals surface area contributed by atoms with Gasteiger partial charge in [-0.05, 0) is 77.6 Å². The molecule has 0 bridgehead atoms. The summed E-state index contributed by atoms with van der Waals surface area (Å²) >= 11 is 9.64. The molecule has 0 saturated carbocycles. The van der Waals surface area contributed by atoms with Crippen molar-refractivity contribution in [1.29, 1.82) is 0 Å². The number of carbonyl (C=O) groups excluding carboxylic acids is 1. The van der Waals surface area contributed by atoms with Gasteiger partial charge in [0.15, 0.2) is 16.3 Å². The zero-order valence-electron chi connectivity index (χ0n) is 23.4. The van der Waals surface area contributed by atoms with Gasteiger partial charge >= 0.3 is 5.97 Å². The minimum absolute atomic E-state index is 0.0197. The number of allylic oxidation sites excluding steroid dienone is 1. The van der Waals surface area contributed by atoms with Crippen LogP contribution in [-0.2, 0) is 16.1 Å². The molecular weight excluding hydrogens is 710 g/mol. The molecule has 0 amide bonds. The fraction of sp³-hybridized carbons (Fsp3) is 0.194. The molecule has 0 unspecified atom stereocenters. The molecule has 8 nitrogen and oxygen atoms in total. The van der Waals surface area contributed by atoms with Crippen LogP contribution in [0.15, 0.2) is 75.7 Å². The molecule has 1 aromatic heterocycles. The Kier molecular flexibility index (Phi) is 9.23. The lowest BCUT2D eigenvalue weighted by Crippen LogP contribution is -2.40. The third kappa shape index (κ3) is 6.06. The molecule has 3 aromatic carbocycles. The highest BCUT2D eigenvalue weighted by Gasteiger charge is 2.35. The minimum atomic E-state index is -0.886. The highest BCUT2D eigenvalue weighted by Crippen LogP contribution is 2.38. The Hall–Kier alpha value is -3.68. The number of hydrogen-bond acceptors (Lipinski definition) is 8. The molecular formula is C31H25ClFIN2O6S. The summed E-state index contributed by atoms with van der Waals surface area (Å²) in [6.45, 7) is 1.71. The van der Waals surface area contributed by atoms with Gasteiger partial charge in [0.25, 0.3) is 5.56 Å². The van der Waals surface area contributed by atoms with Crippen molar-refractivity contribution < 1.29 is 28.1 Å². The number of halogens is 3. The van der Waals surface area contributed by atoms with Crippen molar-refractivity contribution in [3.63, 3.8) is 0 Å². The zero-order chi connectivity index (χ0) is 30.8. The summed E-state index contributed by atoms with van der Waals surface area (Å²) < 4.78 is 38.9. The fourth-order valence-corrected chi connectivity index (χ4v) is 6.79. The first-order valence-electron chi connectivity index (χ1n) is 12.8. The maximum Gasteiger partial charge on any atom is 0.338 e. The van der Waals surface area contributed by atoms with Gasteiger partial charge < -0.3 is 18.9 Å². The van der Waals surface area contributed by atoms with Gasteiger partial charge in [-0.25, -0.2) is 14.2 Å². The zero-order valence-corrected chi connectivity index (χ0v) is 27.2. The van der Waals surface area contributed by atoms with E-state index in [1.54, 1.807) is 55.5 Å². The van der Waals surface area contributed by atoms with Crippen molar-refractivity contribution in [2.45, 2.75) is 19.6 Å². The van der Waals surface area contributed by atoms with E-state index in [0.29, 0.717) is 57.6 Å². The number of esters is 1. The van der Waals surface area contributed by atoms with Crippen LogP contribution >= 0.6 is 45.5 Å².